The average molecular weight is 370 g/mol. The summed E-state index contributed by atoms with van der Waals surface area (Å²) in [7, 11) is 2.11. The number of furan rings is 1. The molecule has 0 spiro atoms. The van der Waals surface area contributed by atoms with Crippen molar-refractivity contribution in [2.24, 2.45) is 13.0 Å². The molecule has 0 saturated heterocycles. The third-order valence-electron chi connectivity index (χ3n) is 6.63. The monoisotopic (exact) mass is 370 g/mol. The Morgan fingerprint density at radius 1 is 1.11 bits per heavy atom. The van der Waals surface area contributed by atoms with Crippen molar-refractivity contribution in [2.75, 3.05) is 0 Å². The SMILES string of the molecule is Cc1ccc2occ3c2c1-c1c(c2cc(CC4CCCC4)ccc2c[n+]1C)O3. The van der Waals surface area contributed by atoms with E-state index < -0.39 is 0 Å². The lowest BCUT2D eigenvalue weighted by molar-refractivity contribution is -0.659. The van der Waals surface area contributed by atoms with Crippen molar-refractivity contribution in [3.8, 4) is 22.8 Å². The third-order valence-corrected chi connectivity index (χ3v) is 6.63. The van der Waals surface area contributed by atoms with Gasteiger partial charge in [-0.05, 0) is 48.6 Å². The van der Waals surface area contributed by atoms with Crippen LogP contribution in [0.3, 0.4) is 0 Å². The topological polar surface area (TPSA) is 26.2 Å². The van der Waals surface area contributed by atoms with Crippen LogP contribution in [-0.4, -0.2) is 0 Å². The van der Waals surface area contributed by atoms with Crippen LogP contribution in [0.1, 0.15) is 36.8 Å². The van der Waals surface area contributed by atoms with Crippen LogP contribution in [-0.2, 0) is 13.5 Å². The predicted octanol–water partition coefficient (Wildman–Crippen LogP) is 6.22. The minimum atomic E-state index is 0.829. The van der Waals surface area contributed by atoms with E-state index in [1.807, 2.05) is 6.07 Å². The number of rotatable bonds is 2. The Kier molecular flexibility index (Phi) is 3.37. The van der Waals surface area contributed by atoms with Gasteiger partial charge in [-0.15, -0.1) is 0 Å². The Morgan fingerprint density at radius 2 is 1.96 bits per heavy atom. The highest BCUT2D eigenvalue weighted by atomic mass is 16.5. The highest BCUT2D eigenvalue weighted by Crippen LogP contribution is 2.49. The van der Waals surface area contributed by atoms with E-state index >= 15 is 0 Å². The molecule has 0 bridgehead atoms. The van der Waals surface area contributed by atoms with Gasteiger partial charge in [-0.25, -0.2) is 0 Å². The van der Waals surface area contributed by atoms with Gasteiger partial charge < -0.3 is 9.15 Å². The van der Waals surface area contributed by atoms with Gasteiger partial charge >= 0.3 is 0 Å². The lowest BCUT2D eigenvalue weighted by atomic mass is 9.93. The molecular formula is C25H24NO2+. The lowest BCUT2D eigenvalue weighted by Crippen LogP contribution is -2.32. The lowest BCUT2D eigenvalue weighted by Gasteiger charge is -2.19. The van der Waals surface area contributed by atoms with Crippen LogP contribution in [0.25, 0.3) is 33.0 Å². The number of ether oxygens (including phenoxy) is 1. The summed E-state index contributed by atoms with van der Waals surface area (Å²) in [6, 6.07) is 11.1. The summed E-state index contributed by atoms with van der Waals surface area (Å²) in [5.41, 5.74) is 5.93. The van der Waals surface area contributed by atoms with Gasteiger partial charge in [0, 0.05) is 10.8 Å². The van der Waals surface area contributed by atoms with Crippen molar-refractivity contribution in [3.05, 3.63) is 53.9 Å². The van der Waals surface area contributed by atoms with Crippen molar-refractivity contribution < 1.29 is 13.7 Å². The molecule has 1 fully saturated rings. The smallest absolute Gasteiger partial charge is 0.257 e. The van der Waals surface area contributed by atoms with Crippen LogP contribution in [0.15, 0.2) is 47.2 Å². The number of nitrogens with zero attached hydrogens (tertiary/aromatic N) is 1. The fourth-order valence-electron chi connectivity index (χ4n) is 5.24. The second-order valence-corrected chi connectivity index (χ2v) is 8.53. The van der Waals surface area contributed by atoms with E-state index in [2.05, 4.69) is 49.0 Å². The van der Waals surface area contributed by atoms with Gasteiger partial charge in [0.15, 0.2) is 11.9 Å². The summed E-state index contributed by atoms with van der Waals surface area (Å²) in [5, 5.41) is 3.50. The second-order valence-electron chi connectivity index (χ2n) is 8.53. The van der Waals surface area contributed by atoms with E-state index in [4.69, 9.17) is 9.15 Å². The zero-order chi connectivity index (χ0) is 18.8. The summed E-state index contributed by atoms with van der Waals surface area (Å²) in [6.45, 7) is 2.17. The van der Waals surface area contributed by atoms with Gasteiger partial charge in [0.1, 0.15) is 18.9 Å². The molecule has 28 heavy (non-hydrogen) atoms. The Balaban J connectivity index is 1.59. The van der Waals surface area contributed by atoms with Crippen molar-refractivity contribution in [1.82, 2.24) is 0 Å². The zero-order valence-electron chi connectivity index (χ0n) is 16.4. The van der Waals surface area contributed by atoms with Crippen molar-refractivity contribution in [2.45, 2.75) is 39.0 Å². The molecule has 0 radical (unpaired) electrons. The molecule has 140 valence electrons. The first kappa shape index (κ1) is 16.2. The van der Waals surface area contributed by atoms with Crippen LogP contribution in [0.4, 0.5) is 0 Å². The molecule has 2 aromatic carbocycles. The van der Waals surface area contributed by atoms with E-state index in [0.717, 1.165) is 34.1 Å². The molecule has 1 saturated carbocycles. The first-order valence-corrected chi connectivity index (χ1v) is 10.3. The number of aromatic nitrogens is 1. The summed E-state index contributed by atoms with van der Waals surface area (Å²) in [6.07, 6.45) is 10.7. The van der Waals surface area contributed by atoms with Crippen molar-refractivity contribution >= 4 is 21.7 Å². The van der Waals surface area contributed by atoms with Gasteiger partial charge in [-0.3, -0.25) is 0 Å². The molecule has 6 rings (SSSR count). The van der Waals surface area contributed by atoms with Crippen LogP contribution in [0.2, 0.25) is 0 Å². The van der Waals surface area contributed by atoms with Gasteiger partial charge in [-0.1, -0.05) is 37.8 Å². The standard InChI is InChI=1S/C25H24NO2/c1-15-7-10-20-23-21(14-27-20)28-25-19-12-17(11-16-5-3-4-6-16)8-9-18(19)13-26(2)24(25)22(15)23/h7-10,12-14,16H,3-6,11H2,1-2H3/q+1. The molecule has 1 aliphatic carbocycles. The van der Waals surface area contributed by atoms with Gasteiger partial charge in [0.2, 0.25) is 5.75 Å². The molecule has 0 N–H and O–H groups in total. The van der Waals surface area contributed by atoms with Crippen LogP contribution in [0, 0.1) is 12.8 Å². The van der Waals surface area contributed by atoms with Crippen LogP contribution < -0.4 is 9.30 Å². The van der Waals surface area contributed by atoms with E-state index in [0.29, 0.717) is 0 Å². The maximum Gasteiger partial charge on any atom is 0.257 e. The van der Waals surface area contributed by atoms with E-state index in [1.54, 1.807) is 6.26 Å². The maximum absolute atomic E-state index is 6.45. The van der Waals surface area contributed by atoms with Crippen LogP contribution >= 0.6 is 0 Å². The molecule has 0 unspecified atom stereocenters. The summed E-state index contributed by atoms with van der Waals surface area (Å²) in [4.78, 5) is 0. The van der Waals surface area contributed by atoms with Gasteiger partial charge in [0.25, 0.3) is 5.69 Å². The summed E-state index contributed by atoms with van der Waals surface area (Å²) >= 11 is 0. The molecule has 1 aliphatic heterocycles. The molecule has 4 aromatic rings. The first-order chi connectivity index (χ1) is 13.7. The molecule has 3 heteroatoms. The highest BCUT2D eigenvalue weighted by Gasteiger charge is 2.32. The van der Waals surface area contributed by atoms with Crippen molar-refractivity contribution in [1.29, 1.82) is 0 Å². The molecule has 0 amide bonds. The second kappa shape index (κ2) is 5.84. The summed E-state index contributed by atoms with van der Waals surface area (Å²) in [5.74, 6) is 2.62. The number of hydrogen-bond donors (Lipinski definition) is 0. The summed E-state index contributed by atoms with van der Waals surface area (Å²) < 4.78 is 14.4. The Hall–Kier alpha value is -2.81. The number of pyridine rings is 1. The predicted molar refractivity (Wildman–Crippen MR) is 111 cm³/mol. The molecule has 3 heterocycles. The zero-order valence-corrected chi connectivity index (χ0v) is 16.4. The Labute approximate surface area is 164 Å². The minimum Gasteiger partial charge on any atom is -0.460 e. The van der Waals surface area contributed by atoms with E-state index in [9.17, 15) is 0 Å². The maximum atomic E-state index is 6.45. The average Bonchev–Trinajstić information content (AvgIpc) is 3.35. The van der Waals surface area contributed by atoms with Crippen LogP contribution in [0.5, 0.6) is 11.5 Å². The first-order valence-electron chi connectivity index (χ1n) is 10.3. The van der Waals surface area contributed by atoms with E-state index in [-0.39, 0.29) is 0 Å². The Morgan fingerprint density at radius 3 is 2.82 bits per heavy atom. The third kappa shape index (κ3) is 2.25. The molecule has 2 aliphatic rings. The fourth-order valence-corrected chi connectivity index (χ4v) is 5.24. The van der Waals surface area contributed by atoms with Gasteiger partial charge in [-0.2, -0.15) is 4.57 Å². The largest absolute Gasteiger partial charge is 0.460 e. The van der Waals surface area contributed by atoms with Gasteiger partial charge in [0.05, 0.1) is 10.9 Å². The quantitative estimate of drug-likeness (QED) is 0.345. The fraction of sp³-hybridized carbons (Fsp3) is 0.320. The molecule has 2 aromatic heterocycles. The number of hydrogen-bond acceptors (Lipinski definition) is 2. The minimum absolute atomic E-state index is 0.829. The molecule has 3 nitrogen and oxygen atoms in total. The molecular weight excluding hydrogens is 346 g/mol. The Bertz CT molecular complexity index is 1240. The number of fused-ring (bicyclic) bond motifs is 4. The molecule has 0 atom stereocenters. The van der Waals surface area contributed by atoms with Crippen molar-refractivity contribution in [3.63, 3.8) is 0 Å². The number of benzene rings is 2. The highest BCUT2D eigenvalue weighted by molar-refractivity contribution is 6.05. The van der Waals surface area contributed by atoms with E-state index in [1.165, 1.54) is 59.6 Å². The number of aryl methyl sites for hydroxylation is 2. The normalized spacial score (nSPS) is 15.9.